The van der Waals surface area contributed by atoms with Crippen molar-refractivity contribution in [1.29, 1.82) is 0 Å². The molecule has 0 amide bonds. The van der Waals surface area contributed by atoms with Gasteiger partial charge in [-0.2, -0.15) is 0 Å². The third-order valence-corrected chi connectivity index (χ3v) is 6.18. The molecule has 5 nitrogen and oxygen atoms in total. The first kappa shape index (κ1) is 20.2. The monoisotopic (exact) mass is 397 g/mol. The van der Waals surface area contributed by atoms with Gasteiger partial charge < -0.3 is 0 Å². The maximum Gasteiger partial charge on any atom is 0.238 e. The first-order valence-corrected chi connectivity index (χ1v) is 10.8. The molecule has 146 valence electrons. The lowest BCUT2D eigenvalue weighted by atomic mass is 9.85. The van der Waals surface area contributed by atoms with Crippen LogP contribution in [-0.2, 0) is 16.4 Å². The molecule has 0 heterocycles. The van der Waals surface area contributed by atoms with Crippen LogP contribution in [0.4, 0.5) is 0 Å². The lowest BCUT2D eigenvalue weighted by Crippen LogP contribution is -2.23. The number of carbonyl (C=O) groups is 2. The van der Waals surface area contributed by atoms with Crippen molar-refractivity contribution in [3.05, 3.63) is 76.4 Å². The van der Waals surface area contributed by atoms with Crippen LogP contribution in [0.25, 0.3) is 0 Å². The fraction of sp³-hybridized carbons (Fsp3) is 0.273. The Bertz CT molecular complexity index is 1080. The highest BCUT2D eigenvalue weighted by Gasteiger charge is 2.30. The van der Waals surface area contributed by atoms with Gasteiger partial charge in [0.2, 0.25) is 10.0 Å². The quantitative estimate of drug-likeness (QED) is 0.802. The van der Waals surface area contributed by atoms with Gasteiger partial charge in [-0.25, -0.2) is 13.6 Å². The number of rotatable bonds is 6. The fourth-order valence-corrected chi connectivity index (χ4v) is 4.51. The molecule has 0 unspecified atom stereocenters. The Morgan fingerprint density at radius 1 is 1.00 bits per heavy atom. The molecular formula is C22H23NO4S. The molecule has 2 aromatic rings. The van der Waals surface area contributed by atoms with Crippen molar-refractivity contribution in [2.24, 2.45) is 5.14 Å². The Morgan fingerprint density at radius 2 is 1.68 bits per heavy atom. The third kappa shape index (κ3) is 3.84. The molecule has 2 N–H and O–H groups in total. The molecule has 0 aromatic heterocycles. The maximum atomic E-state index is 12.9. The average Bonchev–Trinajstić information content (AvgIpc) is 2.66. The van der Waals surface area contributed by atoms with E-state index < -0.39 is 15.8 Å². The SMILES string of the molecule is CCC(CC)c1cccc(CC2=CC(=O)c3c(cccc3S(N)(=O)=O)C2=O)c1. The number of hydrogen-bond donors (Lipinski definition) is 1. The zero-order valence-electron chi connectivity index (χ0n) is 15.9. The smallest absolute Gasteiger partial charge is 0.238 e. The van der Waals surface area contributed by atoms with Crippen LogP contribution in [0.3, 0.4) is 0 Å². The summed E-state index contributed by atoms with van der Waals surface area (Å²) in [5, 5.41) is 5.21. The molecule has 0 aliphatic heterocycles. The minimum absolute atomic E-state index is 0.0881. The number of benzene rings is 2. The number of nitrogens with two attached hydrogens (primary N) is 1. The number of carbonyl (C=O) groups excluding carboxylic acids is 2. The number of sulfonamides is 1. The molecule has 0 bridgehead atoms. The van der Waals surface area contributed by atoms with Gasteiger partial charge in [-0.05, 0) is 42.0 Å². The normalized spacial score (nSPS) is 14.2. The second kappa shape index (κ2) is 7.81. The second-order valence-corrected chi connectivity index (χ2v) is 8.55. The van der Waals surface area contributed by atoms with Crippen molar-refractivity contribution < 1.29 is 18.0 Å². The van der Waals surface area contributed by atoms with Gasteiger partial charge in [-0.3, -0.25) is 9.59 Å². The van der Waals surface area contributed by atoms with Crippen LogP contribution in [0.2, 0.25) is 0 Å². The molecule has 1 aliphatic rings. The first-order valence-electron chi connectivity index (χ1n) is 9.30. The van der Waals surface area contributed by atoms with Crippen molar-refractivity contribution in [3.63, 3.8) is 0 Å². The van der Waals surface area contributed by atoms with Gasteiger partial charge in [-0.15, -0.1) is 0 Å². The van der Waals surface area contributed by atoms with Crippen LogP contribution in [0.15, 0.2) is 59.0 Å². The van der Waals surface area contributed by atoms with E-state index in [4.69, 9.17) is 5.14 Å². The summed E-state index contributed by atoms with van der Waals surface area (Å²) in [6.45, 7) is 4.29. The molecule has 0 fully saturated rings. The topological polar surface area (TPSA) is 94.3 Å². The van der Waals surface area contributed by atoms with E-state index in [0.717, 1.165) is 18.4 Å². The molecule has 0 radical (unpaired) electrons. The molecule has 6 heteroatoms. The Morgan fingerprint density at radius 3 is 2.32 bits per heavy atom. The predicted molar refractivity (Wildman–Crippen MR) is 108 cm³/mol. The predicted octanol–water partition coefficient (Wildman–Crippen LogP) is 3.79. The zero-order chi connectivity index (χ0) is 20.5. The Labute approximate surface area is 165 Å². The number of ketones is 2. The second-order valence-electron chi connectivity index (χ2n) is 7.02. The highest BCUT2D eigenvalue weighted by atomic mass is 32.2. The number of Topliss-reactive ketones (excluding diaryl/α,β-unsaturated/α-hetero) is 1. The summed E-state index contributed by atoms with van der Waals surface area (Å²) < 4.78 is 23.6. The maximum absolute atomic E-state index is 12.9. The summed E-state index contributed by atoms with van der Waals surface area (Å²) in [6, 6.07) is 12.2. The van der Waals surface area contributed by atoms with E-state index in [1.54, 1.807) is 0 Å². The Kier molecular flexibility index (Phi) is 5.63. The van der Waals surface area contributed by atoms with Gasteiger partial charge in [0, 0.05) is 17.6 Å². The highest BCUT2D eigenvalue weighted by Crippen LogP contribution is 2.29. The minimum atomic E-state index is -4.10. The van der Waals surface area contributed by atoms with Gasteiger partial charge in [-0.1, -0.05) is 50.2 Å². The van der Waals surface area contributed by atoms with Gasteiger partial charge in [0.15, 0.2) is 11.6 Å². The van der Waals surface area contributed by atoms with Crippen molar-refractivity contribution >= 4 is 21.6 Å². The third-order valence-electron chi connectivity index (χ3n) is 5.22. The van der Waals surface area contributed by atoms with E-state index >= 15 is 0 Å². The highest BCUT2D eigenvalue weighted by molar-refractivity contribution is 7.89. The standard InChI is InChI=1S/C22H23NO4S/c1-3-15(4-2)16-8-5-7-14(11-16)12-17-13-19(24)21-18(22(17)25)9-6-10-20(21)28(23,26)27/h5-11,13,15H,3-4,12H2,1-2H3,(H2,23,26,27). The summed E-state index contributed by atoms with van der Waals surface area (Å²) in [4.78, 5) is 25.2. The van der Waals surface area contributed by atoms with Crippen LogP contribution >= 0.6 is 0 Å². The number of hydrogen-bond acceptors (Lipinski definition) is 4. The van der Waals surface area contributed by atoms with Crippen LogP contribution in [-0.4, -0.2) is 20.0 Å². The largest absolute Gasteiger partial charge is 0.289 e. The summed E-state index contributed by atoms with van der Waals surface area (Å²) in [5.41, 5.74) is 2.47. The van der Waals surface area contributed by atoms with Crippen molar-refractivity contribution in [1.82, 2.24) is 0 Å². The molecule has 0 spiro atoms. The summed E-state index contributed by atoms with van der Waals surface area (Å²) in [5.74, 6) is -0.394. The van der Waals surface area contributed by atoms with Gasteiger partial charge in [0.1, 0.15) is 0 Å². The molecule has 28 heavy (non-hydrogen) atoms. The van der Waals surface area contributed by atoms with Gasteiger partial charge in [0.25, 0.3) is 0 Å². The van der Waals surface area contributed by atoms with Gasteiger partial charge >= 0.3 is 0 Å². The first-order chi connectivity index (χ1) is 13.3. The van der Waals surface area contributed by atoms with Crippen LogP contribution in [0.5, 0.6) is 0 Å². The van der Waals surface area contributed by atoms with E-state index in [0.29, 0.717) is 17.9 Å². The van der Waals surface area contributed by atoms with E-state index in [-0.39, 0.29) is 21.8 Å². The molecule has 2 aromatic carbocycles. The van der Waals surface area contributed by atoms with Crippen LogP contribution in [0, 0.1) is 0 Å². The lowest BCUT2D eigenvalue weighted by molar-refractivity contribution is 0.0980. The molecule has 0 atom stereocenters. The van der Waals surface area contributed by atoms with E-state index in [1.165, 1.54) is 29.8 Å². The summed E-state index contributed by atoms with van der Waals surface area (Å²) in [7, 11) is -4.10. The van der Waals surface area contributed by atoms with E-state index in [2.05, 4.69) is 26.0 Å². The minimum Gasteiger partial charge on any atom is -0.289 e. The summed E-state index contributed by atoms with van der Waals surface area (Å²) >= 11 is 0. The average molecular weight is 397 g/mol. The van der Waals surface area contributed by atoms with Crippen molar-refractivity contribution in [2.75, 3.05) is 0 Å². The Hall–Kier alpha value is -2.57. The fourth-order valence-electron chi connectivity index (χ4n) is 3.75. The van der Waals surface area contributed by atoms with Crippen LogP contribution < -0.4 is 5.14 Å². The molecule has 3 rings (SSSR count). The zero-order valence-corrected chi connectivity index (χ0v) is 16.8. The summed E-state index contributed by atoms with van der Waals surface area (Å²) in [6.07, 6.45) is 3.62. The number of primary sulfonamides is 1. The Balaban J connectivity index is 1.97. The van der Waals surface area contributed by atoms with E-state index in [1.807, 2.05) is 12.1 Å². The molecular weight excluding hydrogens is 374 g/mol. The lowest BCUT2D eigenvalue weighted by Gasteiger charge is -2.18. The van der Waals surface area contributed by atoms with Crippen molar-refractivity contribution in [2.45, 2.75) is 43.9 Å². The molecule has 0 saturated carbocycles. The number of allylic oxidation sites excluding steroid dienone is 2. The van der Waals surface area contributed by atoms with Crippen molar-refractivity contribution in [3.8, 4) is 0 Å². The number of fused-ring (bicyclic) bond motifs is 1. The molecule has 0 saturated heterocycles. The molecule has 1 aliphatic carbocycles. The van der Waals surface area contributed by atoms with Gasteiger partial charge in [0.05, 0.1) is 10.5 Å². The van der Waals surface area contributed by atoms with Crippen LogP contribution in [0.1, 0.15) is 64.4 Å². The van der Waals surface area contributed by atoms with E-state index in [9.17, 15) is 18.0 Å².